The number of fused-ring (bicyclic) bond motifs is 1. The zero-order valence-corrected chi connectivity index (χ0v) is 13.6. The number of pyridine rings is 1. The van der Waals surface area contributed by atoms with E-state index in [9.17, 15) is 0 Å². The second kappa shape index (κ2) is 6.41. The Bertz CT molecular complexity index is 740. The minimum atomic E-state index is 0.711. The summed E-state index contributed by atoms with van der Waals surface area (Å²) in [5.74, 6) is 0.711. The molecule has 0 spiro atoms. The van der Waals surface area contributed by atoms with Gasteiger partial charge in [0.25, 0.3) is 0 Å². The van der Waals surface area contributed by atoms with Crippen molar-refractivity contribution in [1.82, 2.24) is 15.0 Å². The second-order valence-electron chi connectivity index (χ2n) is 4.64. The van der Waals surface area contributed by atoms with Crippen LogP contribution >= 0.6 is 23.1 Å². The molecule has 0 radical (unpaired) electrons. The van der Waals surface area contributed by atoms with Crippen molar-refractivity contribution in [3.05, 3.63) is 35.5 Å². The molecule has 4 nitrogen and oxygen atoms in total. The lowest BCUT2D eigenvalue weighted by molar-refractivity contribution is 0.947. The molecule has 3 rings (SSSR count). The van der Waals surface area contributed by atoms with E-state index in [1.807, 2.05) is 12.1 Å². The van der Waals surface area contributed by atoms with Crippen molar-refractivity contribution >= 4 is 39.3 Å². The van der Waals surface area contributed by atoms with Crippen molar-refractivity contribution in [2.24, 2.45) is 0 Å². The van der Waals surface area contributed by atoms with Gasteiger partial charge in [-0.05, 0) is 31.5 Å². The highest BCUT2D eigenvalue weighted by molar-refractivity contribution is 7.99. The lowest BCUT2D eigenvalue weighted by Gasteiger charge is -2.07. The fourth-order valence-electron chi connectivity index (χ4n) is 1.93. The standard InChI is InChI=1S/C15H16N4S2/c1-3-6-17-15-18-13-12(9-10(2)20-13)14(19-15)21-11-4-7-16-8-5-11/h4-5,7-9H,3,6H2,1-2H3,(H,17,18,19). The van der Waals surface area contributed by atoms with Crippen LogP contribution in [0.25, 0.3) is 10.2 Å². The molecule has 1 N–H and O–H groups in total. The van der Waals surface area contributed by atoms with Gasteiger partial charge in [0, 0.05) is 34.1 Å². The van der Waals surface area contributed by atoms with E-state index in [4.69, 9.17) is 0 Å². The Morgan fingerprint density at radius 1 is 1.24 bits per heavy atom. The van der Waals surface area contributed by atoms with Crippen LogP contribution < -0.4 is 5.32 Å². The molecule has 0 amide bonds. The van der Waals surface area contributed by atoms with Gasteiger partial charge in [-0.15, -0.1) is 11.3 Å². The third-order valence-electron chi connectivity index (χ3n) is 2.88. The third kappa shape index (κ3) is 3.33. The number of aromatic nitrogens is 3. The monoisotopic (exact) mass is 316 g/mol. The first kappa shape index (κ1) is 14.3. The molecular formula is C15H16N4S2. The number of nitrogens with one attached hydrogen (secondary N) is 1. The first-order valence-corrected chi connectivity index (χ1v) is 8.49. The molecule has 0 saturated heterocycles. The number of thiophene rings is 1. The van der Waals surface area contributed by atoms with Crippen LogP contribution in [-0.2, 0) is 0 Å². The van der Waals surface area contributed by atoms with Gasteiger partial charge in [-0.25, -0.2) is 9.97 Å². The molecule has 0 saturated carbocycles. The number of hydrogen-bond donors (Lipinski definition) is 1. The van der Waals surface area contributed by atoms with Crippen LogP contribution in [0.4, 0.5) is 5.95 Å². The van der Waals surface area contributed by atoms with Crippen LogP contribution in [0, 0.1) is 6.92 Å². The highest BCUT2D eigenvalue weighted by atomic mass is 32.2. The average Bonchev–Trinajstić information content (AvgIpc) is 2.87. The first-order valence-electron chi connectivity index (χ1n) is 6.86. The van der Waals surface area contributed by atoms with Gasteiger partial charge < -0.3 is 5.32 Å². The molecule has 0 atom stereocenters. The highest BCUT2D eigenvalue weighted by Gasteiger charge is 2.11. The summed E-state index contributed by atoms with van der Waals surface area (Å²) in [6, 6.07) is 6.15. The lowest BCUT2D eigenvalue weighted by Crippen LogP contribution is -2.04. The summed E-state index contributed by atoms with van der Waals surface area (Å²) in [5, 5.41) is 5.40. The van der Waals surface area contributed by atoms with Gasteiger partial charge in [0.2, 0.25) is 5.95 Å². The van der Waals surface area contributed by atoms with Crippen molar-refractivity contribution in [2.75, 3.05) is 11.9 Å². The van der Waals surface area contributed by atoms with Crippen molar-refractivity contribution in [2.45, 2.75) is 30.2 Å². The van der Waals surface area contributed by atoms with E-state index in [0.29, 0.717) is 5.95 Å². The SMILES string of the molecule is CCCNc1nc(Sc2ccncc2)c2cc(C)sc2n1. The first-order chi connectivity index (χ1) is 10.3. The third-order valence-corrected chi connectivity index (χ3v) is 4.84. The zero-order chi connectivity index (χ0) is 14.7. The van der Waals surface area contributed by atoms with Crippen molar-refractivity contribution in [3.63, 3.8) is 0 Å². The Balaban J connectivity index is 2.01. The van der Waals surface area contributed by atoms with Gasteiger partial charge in [0.1, 0.15) is 9.86 Å². The van der Waals surface area contributed by atoms with E-state index in [-0.39, 0.29) is 0 Å². The summed E-state index contributed by atoms with van der Waals surface area (Å²) in [5.41, 5.74) is 0. The molecule has 108 valence electrons. The predicted molar refractivity (Wildman–Crippen MR) is 89.3 cm³/mol. The van der Waals surface area contributed by atoms with Gasteiger partial charge in [-0.3, -0.25) is 4.98 Å². The van der Waals surface area contributed by atoms with E-state index >= 15 is 0 Å². The van der Waals surface area contributed by atoms with Crippen LogP contribution in [0.1, 0.15) is 18.2 Å². The predicted octanol–water partition coefficient (Wildman–Crippen LogP) is 4.37. The Kier molecular flexibility index (Phi) is 4.36. The molecule has 6 heteroatoms. The molecule has 0 aliphatic heterocycles. The van der Waals surface area contributed by atoms with Crippen molar-refractivity contribution in [1.29, 1.82) is 0 Å². The molecule has 21 heavy (non-hydrogen) atoms. The average molecular weight is 316 g/mol. The molecule has 0 bridgehead atoms. The lowest BCUT2D eigenvalue weighted by atomic mass is 10.4. The Morgan fingerprint density at radius 2 is 2.05 bits per heavy atom. The van der Waals surface area contributed by atoms with Gasteiger partial charge >= 0.3 is 0 Å². The minimum Gasteiger partial charge on any atom is -0.354 e. The van der Waals surface area contributed by atoms with E-state index in [1.54, 1.807) is 35.5 Å². The molecule has 3 heterocycles. The number of hydrogen-bond acceptors (Lipinski definition) is 6. The molecule has 0 aliphatic rings. The van der Waals surface area contributed by atoms with E-state index in [0.717, 1.165) is 33.1 Å². The summed E-state index contributed by atoms with van der Waals surface area (Å²) < 4.78 is 0. The number of nitrogens with zero attached hydrogens (tertiary/aromatic N) is 3. The maximum atomic E-state index is 4.67. The van der Waals surface area contributed by atoms with E-state index in [1.165, 1.54) is 4.88 Å². The topological polar surface area (TPSA) is 50.7 Å². The van der Waals surface area contributed by atoms with Crippen molar-refractivity contribution in [3.8, 4) is 0 Å². The van der Waals surface area contributed by atoms with Gasteiger partial charge in [0.05, 0.1) is 0 Å². The normalized spacial score (nSPS) is 11.0. The van der Waals surface area contributed by atoms with E-state index < -0.39 is 0 Å². The van der Waals surface area contributed by atoms with Crippen LogP contribution in [0.5, 0.6) is 0 Å². The number of anilines is 1. The number of aryl methyl sites for hydroxylation is 1. The molecule has 0 fully saturated rings. The smallest absolute Gasteiger partial charge is 0.225 e. The summed E-state index contributed by atoms with van der Waals surface area (Å²) in [7, 11) is 0. The van der Waals surface area contributed by atoms with E-state index in [2.05, 4.69) is 40.2 Å². The van der Waals surface area contributed by atoms with Gasteiger partial charge in [0.15, 0.2) is 0 Å². The second-order valence-corrected chi connectivity index (χ2v) is 6.94. The summed E-state index contributed by atoms with van der Waals surface area (Å²) in [4.78, 5) is 16.8. The summed E-state index contributed by atoms with van der Waals surface area (Å²) in [6.07, 6.45) is 4.66. The molecule has 3 aromatic rings. The van der Waals surface area contributed by atoms with Crippen molar-refractivity contribution < 1.29 is 0 Å². The summed E-state index contributed by atoms with van der Waals surface area (Å²) in [6.45, 7) is 5.12. The van der Waals surface area contributed by atoms with Crippen LogP contribution in [0.15, 0.2) is 40.5 Å². The van der Waals surface area contributed by atoms with Crippen LogP contribution in [0.2, 0.25) is 0 Å². The molecule has 0 unspecified atom stereocenters. The Labute approximate surface area is 132 Å². The molecule has 3 aromatic heterocycles. The fraction of sp³-hybridized carbons (Fsp3) is 0.267. The minimum absolute atomic E-state index is 0.711. The largest absolute Gasteiger partial charge is 0.354 e. The maximum absolute atomic E-state index is 4.67. The van der Waals surface area contributed by atoms with Crippen LogP contribution in [0.3, 0.4) is 0 Å². The Morgan fingerprint density at radius 3 is 2.81 bits per heavy atom. The molecule has 0 aromatic carbocycles. The highest BCUT2D eigenvalue weighted by Crippen LogP contribution is 2.35. The summed E-state index contributed by atoms with van der Waals surface area (Å²) >= 11 is 3.36. The fourth-order valence-corrected chi connectivity index (χ4v) is 3.75. The molecular weight excluding hydrogens is 300 g/mol. The number of rotatable bonds is 5. The van der Waals surface area contributed by atoms with Gasteiger partial charge in [-0.1, -0.05) is 18.7 Å². The Hall–Kier alpha value is -1.66. The quantitative estimate of drug-likeness (QED) is 0.708. The maximum Gasteiger partial charge on any atom is 0.225 e. The van der Waals surface area contributed by atoms with Crippen LogP contribution in [-0.4, -0.2) is 21.5 Å². The molecule has 0 aliphatic carbocycles. The van der Waals surface area contributed by atoms with Gasteiger partial charge in [-0.2, -0.15) is 0 Å². The zero-order valence-electron chi connectivity index (χ0n) is 12.0.